The summed E-state index contributed by atoms with van der Waals surface area (Å²) in [6.45, 7) is 2.59. The second-order valence-corrected chi connectivity index (χ2v) is 10.8. The minimum absolute atomic E-state index is 0. The van der Waals surface area contributed by atoms with Gasteiger partial charge in [-0.3, -0.25) is 14.6 Å². The lowest BCUT2D eigenvalue weighted by Gasteiger charge is -2.34. The molecule has 2 aromatic carbocycles. The summed E-state index contributed by atoms with van der Waals surface area (Å²) in [5.74, 6) is -0.0633. The van der Waals surface area contributed by atoms with Crippen molar-refractivity contribution in [1.29, 1.82) is 0 Å². The van der Waals surface area contributed by atoms with Crippen molar-refractivity contribution >= 4 is 45.7 Å². The third-order valence-electron chi connectivity index (χ3n) is 6.72. The number of piperazine rings is 1. The van der Waals surface area contributed by atoms with E-state index in [-0.39, 0.29) is 62.0 Å². The molecule has 0 atom stereocenters. The Hall–Kier alpha value is -3.94. The van der Waals surface area contributed by atoms with Gasteiger partial charge >= 0.3 is 0 Å². The van der Waals surface area contributed by atoms with E-state index in [1.807, 2.05) is 24.3 Å². The summed E-state index contributed by atoms with van der Waals surface area (Å²) < 4.78 is 31.2. The van der Waals surface area contributed by atoms with Crippen molar-refractivity contribution in [1.82, 2.24) is 33.6 Å². The maximum absolute atomic E-state index is 13.4. The fourth-order valence-corrected chi connectivity index (χ4v) is 6.36. The number of carbonyl (C=O) groups excluding carboxylic acids is 1. The number of H-pyrrole nitrogens is 1. The van der Waals surface area contributed by atoms with Gasteiger partial charge in [0.05, 0.1) is 22.3 Å². The van der Waals surface area contributed by atoms with Gasteiger partial charge in [0.2, 0.25) is 16.0 Å². The zero-order valence-corrected chi connectivity index (χ0v) is 22.2. The SMILES string of the molecule is Cc1c(C(=O)N2CCN(S(=O)(=O)c3cccc4ccccc34)CC2)cnn1-c1nn2cccc2c(=O)[nH]1.S. The second-order valence-electron chi connectivity index (χ2n) is 8.84. The Morgan fingerprint density at radius 1 is 0.974 bits per heavy atom. The number of amides is 1. The van der Waals surface area contributed by atoms with Crippen molar-refractivity contribution in [2.45, 2.75) is 11.8 Å². The van der Waals surface area contributed by atoms with E-state index in [9.17, 15) is 18.0 Å². The molecule has 0 bridgehead atoms. The lowest BCUT2D eigenvalue weighted by Crippen LogP contribution is -2.50. The van der Waals surface area contributed by atoms with Gasteiger partial charge in [-0.15, -0.1) is 5.10 Å². The highest BCUT2D eigenvalue weighted by atomic mass is 32.2. The van der Waals surface area contributed by atoms with E-state index < -0.39 is 10.0 Å². The van der Waals surface area contributed by atoms with Crippen LogP contribution in [0.3, 0.4) is 0 Å². The summed E-state index contributed by atoms with van der Waals surface area (Å²) in [4.78, 5) is 30.2. The number of carbonyl (C=O) groups is 1. The molecule has 5 aromatic rings. The van der Waals surface area contributed by atoms with Gasteiger partial charge in [0.25, 0.3) is 11.5 Å². The number of nitrogens with zero attached hydrogens (tertiary/aromatic N) is 6. The number of aromatic nitrogens is 5. The molecule has 0 aliphatic carbocycles. The van der Waals surface area contributed by atoms with Crippen molar-refractivity contribution < 1.29 is 13.2 Å². The number of sulfonamides is 1. The average Bonchev–Trinajstić information content (AvgIpc) is 3.55. The molecule has 1 fully saturated rings. The lowest BCUT2D eigenvalue weighted by atomic mass is 10.1. The van der Waals surface area contributed by atoms with Crippen LogP contribution in [0.1, 0.15) is 16.1 Å². The molecule has 196 valence electrons. The van der Waals surface area contributed by atoms with Crippen molar-refractivity contribution in [2.75, 3.05) is 26.2 Å². The standard InChI is InChI=1S/C25H23N7O4S.H2S/c1-17-20(16-26-32(17)25-27-23(33)21-9-5-11-31(21)28-25)24(34)29-12-14-30(15-13-29)37(35,36)22-10-4-7-18-6-2-3-8-19(18)22;/h2-11,16H,12-15H2,1H3,(H,27,28,33);1H2. The van der Waals surface area contributed by atoms with Crippen LogP contribution in [-0.2, 0) is 10.0 Å². The molecule has 1 aliphatic rings. The van der Waals surface area contributed by atoms with Gasteiger partial charge in [-0.2, -0.15) is 22.9 Å². The molecule has 1 aliphatic heterocycles. The van der Waals surface area contributed by atoms with Crippen molar-refractivity contribution in [3.63, 3.8) is 0 Å². The molecule has 11 nitrogen and oxygen atoms in total. The first-order chi connectivity index (χ1) is 17.8. The summed E-state index contributed by atoms with van der Waals surface area (Å²) in [7, 11) is -3.73. The minimum atomic E-state index is -3.73. The largest absolute Gasteiger partial charge is 0.336 e. The van der Waals surface area contributed by atoms with Crippen LogP contribution in [-0.4, -0.2) is 74.1 Å². The Morgan fingerprint density at radius 3 is 2.50 bits per heavy atom. The molecule has 13 heteroatoms. The van der Waals surface area contributed by atoms with Gasteiger partial charge in [-0.05, 0) is 30.5 Å². The molecule has 0 unspecified atom stereocenters. The molecule has 0 spiro atoms. The van der Waals surface area contributed by atoms with E-state index in [1.54, 1.807) is 48.4 Å². The van der Waals surface area contributed by atoms with Gasteiger partial charge in [-0.25, -0.2) is 17.6 Å². The van der Waals surface area contributed by atoms with Crippen LogP contribution in [0.2, 0.25) is 0 Å². The molecular formula is C25H25N7O4S2. The van der Waals surface area contributed by atoms with Crippen molar-refractivity contribution in [3.05, 3.63) is 88.6 Å². The van der Waals surface area contributed by atoms with E-state index >= 15 is 0 Å². The Balaban J connectivity index is 0.00000294. The second kappa shape index (κ2) is 9.74. The zero-order chi connectivity index (χ0) is 25.7. The van der Waals surface area contributed by atoms with Crippen LogP contribution in [0.15, 0.2) is 76.7 Å². The summed E-state index contributed by atoms with van der Waals surface area (Å²) >= 11 is 0. The van der Waals surface area contributed by atoms with Crippen LogP contribution in [0.25, 0.3) is 22.2 Å². The predicted octanol–water partition coefficient (Wildman–Crippen LogP) is 1.93. The fraction of sp³-hybridized carbons (Fsp3) is 0.200. The van der Waals surface area contributed by atoms with E-state index in [0.29, 0.717) is 22.2 Å². The highest BCUT2D eigenvalue weighted by molar-refractivity contribution is 7.89. The predicted molar refractivity (Wildman–Crippen MR) is 147 cm³/mol. The van der Waals surface area contributed by atoms with Crippen LogP contribution in [0.5, 0.6) is 0 Å². The number of nitrogens with one attached hydrogen (secondary N) is 1. The smallest absolute Gasteiger partial charge is 0.276 e. The molecule has 6 rings (SSSR count). The van der Waals surface area contributed by atoms with E-state index in [2.05, 4.69) is 15.2 Å². The Bertz CT molecular complexity index is 1830. The summed E-state index contributed by atoms with van der Waals surface area (Å²) in [6, 6.07) is 16.0. The van der Waals surface area contributed by atoms with Gasteiger partial charge in [0.15, 0.2) is 0 Å². The first-order valence-corrected chi connectivity index (χ1v) is 13.2. The normalized spacial score (nSPS) is 14.6. The van der Waals surface area contributed by atoms with Gasteiger partial charge in [0, 0.05) is 37.8 Å². The van der Waals surface area contributed by atoms with E-state index in [4.69, 9.17) is 0 Å². The van der Waals surface area contributed by atoms with Crippen LogP contribution >= 0.6 is 13.5 Å². The Morgan fingerprint density at radius 2 is 1.71 bits per heavy atom. The number of aromatic amines is 1. The monoisotopic (exact) mass is 551 g/mol. The molecule has 0 saturated carbocycles. The first kappa shape index (κ1) is 25.7. The fourth-order valence-electron chi connectivity index (χ4n) is 4.72. The number of benzene rings is 2. The quantitative estimate of drug-likeness (QED) is 0.364. The Labute approximate surface area is 224 Å². The topological polar surface area (TPSA) is 126 Å². The van der Waals surface area contributed by atoms with Gasteiger partial charge in [0.1, 0.15) is 5.52 Å². The average molecular weight is 552 g/mol. The van der Waals surface area contributed by atoms with Gasteiger partial charge in [-0.1, -0.05) is 36.4 Å². The molecule has 38 heavy (non-hydrogen) atoms. The maximum Gasteiger partial charge on any atom is 0.276 e. The van der Waals surface area contributed by atoms with Crippen LogP contribution in [0, 0.1) is 6.92 Å². The zero-order valence-electron chi connectivity index (χ0n) is 20.4. The van der Waals surface area contributed by atoms with E-state index in [1.165, 1.54) is 19.7 Å². The lowest BCUT2D eigenvalue weighted by molar-refractivity contribution is 0.0697. The molecule has 0 radical (unpaired) electrons. The molecular weight excluding hydrogens is 526 g/mol. The summed E-state index contributed by atoms with van der Waals surface area (Å²) in [5.41, 5.74) is 0.966. The number of rotatable bonds is 4. The number of hydrogen-bond acceptors (Lipinski definition) is 6. The van der Waals surface area contributed by atoms with E-state index in [0.717, 1.165) is 5.39 Å². The molecule has 3 aromatic heterocycles. The maximum atomic E-state index is 13.4. The summed E-state index contributed by atoms with van der Waals surface area (Å²) in [6.07, 6.45) is 3.10. The van der Waals surface area contributed by atoms with Crippen LogP contribution in [0.4, 0.5) is 0 Å². The summed E-state index contributed by atoms with van der Waals surface area (Å²) in [5, 5.41) is 10.2. The third kappa shape index (κ3) is 4.18. The highest BCUT2D eigenvalue weighted by Crippen LogP contribution is 2.26. The molecule has 1 saturated heterocycles. The Kier molecular flexibility index (Phi) is 6.59. The van der Waals surface area contributed by atoms with Crippen LogP contribution < -0.4 is 5.56 Å². The molecule has 1 N–H and O–H groups in total. The first-order valence-electron chi connectivity index (χ1n) is 11.7. The number of fused-ring (bicyclic) bond motifs is 2. The van der Waals surface area contributed by atoms with Crippen molar-refractivity contribution in [3.8, 4) is 5.95 Å². The van der Waals surface area contributed by atoms with Crippen molar-refractivity contribution in [2.24, 2.45) is 0 Å². The minimum Gasteiger partial charge on any atom is -0.336 e. The number of hydrogen-bond donors (Lipinski definition) is 1. The highest BCUT2D eigenvalue weighted by Gasteiger charge is 2.32. The van der Waals surface area contributed by atoms with Gasteiger partial charge < -0.3 is 4.90 Å². The molecule has 1 amide bonds. The molecule has 4 heterocycles. The third-order valence-corrected chi connectivity index (χ3v) is 8.68.